The summed E-state index contributed by atoms with van der Waals surface area (Å²) in [5.41, 5.74) is 0.399. The summed E-state index contributed by atoms with van der Waals surface area (Å²) in [5, 5.41) is 21.2. The lowest BCUT2D eigenvalue weighted by Crippen LogP contribution is -2.26. The Bertz CT molecular complexity index is 887. The molecule has 112 valence electrons. The van der Waals surface area contributed by atoms with Gasteiger partial charge in [-0.15, -0.1) is 11.3 Å². The Balaban J connectivity index is 1.83. The van der Waals surface area contributed by atoms with E-state index < -0.39 is 5.91 Å². The van der Waals surface area contributed by atoms with Crippen molar-refractivity contribution in [1.29, 1.82) is 0 Å². The summed E-state index contributed by atoms with van der Waals surface area (Å²) in [6.45, 7) is 0.106. The zero-order valence-electron chi connectivity index (χ0n) is 11.4. The van der Waals surface area contributed by atoms with Crippen LogP contribution in [0, 0.1) is 0 Å². The maximum absolute atomic E-state index is 12.3. The minimum atomic E-state index is -0.395. The fourth-order valence-corrected chi connectivity index (χ4v) is 2.75. The van der Waals surface area contributed by atoms with Crippen LogP contribution in [-0.4, -0.2) is 26.2 Å². The van der Waals surface area contributed by atoms with Crippen molar-refractivity contribution in [2.24, 2.45) is 0 Å². The topological polar surface area (TPSA) is 108 Å². The number of carbonyl (C=O) groups is 1. The molecule has 2 aromatic heterocycles. The van der Waals surface area contributed by atoms with Crippen molar-refractivity contribution in [3.63, 3.8) is 0 Å². The zero-order chi connectivity index (χ0) is 15.5. The van der Waals surface area contributed by atoms with Crippen LogP contribution in [0.3, 0.4) is 0 Å². The Morgan fingerprint density at radius 2 is 2.09 bits per heavy atom. The first-order valence-corrected chi connectivity index (χ1v) is 7.37. The molecular formula is C14H12N4O3S. The summed E-state index contributed by atoms with van der Waals surface area (Å²) in [6, 6.07) is 6.79. The van der Waals surface area contributed by atoms with Gasteiger partial charge in [0.15, 0.2) is 5.69 Å². The van der Waals surface area contributed by atoms with Gasteiger partial charge in [-0.1, -0.05) is 18.2 Å². The number of nitrogens with zero attached hydrogens (tertiary/aromatic N) is 2. The molecule has 8 heteroatoms. The normalized spacial score (nSPS) is 10.8. The standard InChI is InChI=1S/C14H12N4O3S/c19-6-8-7-22-11(16-8)5-15-14(21)12-9-3-1-2-4-10(9)13(20)18-17-12/h1-4,7,19H,5-6H2,(H,15,21)(H,18,20). The van der Waals surface area contributed by atoms with Crippen molar-refractivity contribution in [2.45, 2.75) is 13.2 Å². The molecule has 7 nitrogen and oxygen atoms in total. The molecule has 3 aromatic rings. The number of aromatic nitrogens is 3. The van der Waals surface area contributed by atoms with E-state index in [-0.39, 0.29) is 24.4 Å². The molecule has 0 unspecified atom stereocenters. The molecule has 0 fully saturated rings. The molecular weight excluding hydrogens is 304 g/mol. The second-order valence-electron chi connectivity index (χ2n) is 4.52. The lowest BCUT2D eigenvalue weighted by atomic mass is 10.1. The molecule has 0 aliphatic rings. The van der Waals surface area contributed by atoms with Crippen LogP contribution in [0.2, 0.25) is 0 Å². The van der Waals surface area contributed by atoms with Crippen molar-refractivity contribution in [3.05, 3.63) is 56.4 Å². The van der Waals surface area contributed by atoms with E-state index in [1.807, 2.05) is 0 Å². The van der Waals surface area contributed by atoms with Gasteiger partial charge in [-0.3, -0.25) is 9.59 Å². The van der Waals surface area contributed by atoms with Crippen LogP contribution >= 0.6 is 11.3 Å². The molecule has 1 aromatic carbocycles. The molecule has 0 saturated heterocycles. The number of benzene rings is 1. The number of nitrogens with one attached hydrogen (secondary N) is 2. The van der Waals surface area contributed by atoms with Gasteiger partial charge in [0, 0.05) is 10.8 Å². The van der Waals surface area contributed by atoms with Gasteiger partial charge in [0.05, 0.1) is 24.2 Å². The third kappa shape index (κ3) is 2.74. The highest BCUT2D eigenvalue weighted by Crippen LogP contribution is 2.13. The highest BCUT2D eigenvalue weighted by Gasteiger charge is 2.14. The van der Waals surface area contributed by atoms with Crippen LogP contribution in [0.4, 0.5) is 0 Å². The maximum atomic E-state index is 12.3. The number of fused-ring (bicyclic) bond motifs is 1. The van der Waals surface area contributed by atoms with E-state index >= 15 is 0 Å². The quantitative estimate of drug-likeness (QED) is 0.660. The average molecular weight is 316 g/mol. The lowest BCUT2D eigenvalue weighted by Gasteiger charge is -2.05. The zero-order valence-corrected chi connectivity index (χ0v) is 12.2. The second kappa shape index (κ2) is 6.04. The maximum Gasteiger partial charge on any atom is 0.272 e. The predicted molar refractivity (Wildman–Crippen MR) is 81.6 cm³/mol. The van der Waals surface area contributed by atoms with Gasteiger partial charge in [0.2, 0.25) is 0 Å². The Hall–Kier alpha value is -2.58. The molecule has 0 radical (unpaired) electrons. The van der Waals surface area contributed by atoms with E-state index in [9.17, 15) is 9.59 Å². The molecule has 22 heavy (non-hydrogen) atoms. The Labute approximate surface area is 128 Å². The number of carbonyl (C=O) groups excluding carboxylic acids is 1. The highest BCUT2D eigenvalue weighted by atomic mass is 32.1. The van der Waals surface area contributed by atoms with Gasteiger partial charge in [0.25, 0.3) is 11.5 Å². The third-order valence-electron chi connectivity index (χ3n) is 3.07. The number of hydrogen-bond acceptors (Lipinski definition) is 6. The SMILES string of the molecule is O=C(NCc1nc(CO)cs1)c1n[nH]c(=O)c2ccccc12. The average Bonchev–Trinajstić information content (AvgIpc) is 3.01. The molecule has 0 atom stereocenters. The number of amides is 1. The third-order valence-corrected chi connectivity index (χ3v) is 3.97. The Morgan fingerprint density at radius 1 is 1.32 bits per heavy atom. The van der Waals surface area contributed by atoms with Crippen LogP contribution in [0.1, 0.15) is 21.2 Å². The van der Waals surface area contributed by atoms with Crippen LogP contribution in [0.5, 0.6) is 0 Å². The van der Waals surface area contributed by atoms with E-state index in [2.05, 4.69) is 20.5 Å². The summed E-state index contributed by atoms with van der Waals surface area (Å²) in [5.74, 6) is -0.395. The minimum absolute atomic E-state index is 0.128. The monoisotopic (exact) mass is 316 g/mol. The van der Waals surface area contributed by atoms with E-state index in [1.165, 1.54) is 11.3 Å². The Kier molecular flexibility index (Phi) is 3.94. The van der Waals surface area contributed by atoms with Crippen molar-refractivity contribution >= 4 is 28.0 Å². The molecule has 2 heterocycles. The summed E-state index contributed by atoms with van der Waals surface area (Å²) in [7, 11) is 0. The van der Waals surface area contributed by atoms with Crippen molar-refractivity contribution in [1.82, 2.24) is 20.5 Å². The molecule has 3 N–H and O–H groups in total. The summed E-state index contributed by atoms with van der Waals surface area (Å²) in [4.78, 5) is 28.1. The van der Waals surface area contributed by atoms with E-state index in [0.29, 0.717) is 21.5 Å². The first-order chi connectivity index (χ1) is 10.7. The highest BCUT2D eigenvalue weighted by molar-refractivity contribution is 7.09. The van der Waals surface area contributed by atoms with Gasteiger partial charge in [-0.25, -0.2) is 10.1 Å². The van der Waals surface area contributed by atoms with Crippen LogP contribution < -0.4 is 10.9 Å². The van der Waals surface area contributed by atoms with Gasteiger partial charge in [-0.2, -0.15) is 5.10 Å². The summed E-state index contributed by atoms with van der Waals surface area (Å²) in [6.07, 6.45) is 0. The molecule has 3 rings (SSSR count). The molecule has 0 aliphatic carbocycles. The van der Waals surface area contributed by atoms with Gasteiger partial charge in [0.1, 0.15) is 5.01 Å². The van der Waals surface area contributed by atoms with Crippen LogP contribution in [0.25, 0.3) is 10.8 Å². The largest absolute Gasteiger partial charge is 0.390 e. The van der Waals surface area contributed by atoms with Gasteiger partial charge >= 0.3 is 0 Å². The van der Waals surface area contributed by atoms with Gasteiger partial charge < -0.3 is 10.4 Å². The number of aromatic amines is 1. The number of aliphatic hydroxyl groups excluding tert-OH is 1. The number of aliphatic hydroxyl groups is 1. The van der Waals surface area contributed by atoms with Crippen LogP contribution in [0.15, 0.2) is 34.4 Å². The smallest absolute Gasteiger partial charge is 0.272 e. The fourth-order valence-electron chi connectivity index (χ4n) is 2.03. The van der Waals surface area contributed by atoms with Crippen molar-refractivity contribution in [3.8, 4) is 0 Å². The number of hydrogen-bond donors (Lipinski definition) is 3. The lowest BCUT2D eigenvalue weighted by molar-refractivity contribution is 0.0946. The fraction of sp³-hybridized carbons (Fsp3) is 0.143. The number of rotatable bonds is 4. The van der Waals surface area contributed by atoms with Crippen molar-refractivity contribution < 1.29 is 9.90 Å². The summed E-state index contributed by atoms with van der Waals surface area (Å²) >= 11 is 1.35. The molecule has 0 aliphatic heterocycles. The molecule has 0 bridgehead atoms. The number of H-pyrrole nitrogens is 1. The van der Waals surface area contributed by atoms with E-state index in [0.717, 1.165) is 0 Å². The van der Waals surface area contributed by atoms with Crippen molar-refractivity contribution in [2.75, 3.05) is 0 Å². The molecule has 0 spiro atoms. The first kappa shape index (κ1) is 14.4. The number of thiazole rings is 1. The van der Waals surface area contributed by atoms with E-state index in [4.69, 9.17) is 5.11 Å². The minimum Gasteiger partial charge on any atom is -0.390 e. The summed E-state index contributed by atoms with van der Waals surface area (Å²) < 4.78 is 0. The second-order valence-corrected chi connectivity index (χ2v) is 5.46. The molecule has 1 amide bonds. The van der Waals surface area contributed by atoms with Gasteiger partial charge in [-0.05, 0) is 6.07 Å². The Morgan fingerprint density at radius 3 is 2.82 bits per heavy atom. The van der Waals surface area contributed by atoms with E-state index in [1.54, 1.807) is 29.6 Å². The first-order valence-electron chi connectivity index (χ1n) is 6.49. The molecule has 0 saturated carbocycles. The van der Waals surface area contributed by atoms with Crippen LogP contribution in [-0.2, 0) is 13.2 Å². The predicted octanol–water partition coefficient (Wildman–Crippen LogP) is 0.802.